The van der Waals surface area contributed by atoms with Crippen LogP contribution in [0.4, 0.5) is 0 Å². The van der Waals surface area contributed by atoms with Crippen molar-refractivity contribution >= 4 is 0 Å². The summed E-state index contributed by atoms with van der Waals surface area (Å²) in [6.45, 7) is 6.38. The van der Waals surface area contributed by atoms with Gasteiger partial charge in [-0.1, -0.05) is 44.2 Å². The first-order valence-electron chi connectivity index (χ1n) is 7.05. The molecule has 2 nitrogen and oxygen atoms in total. The summed E-state index contributed by atoms with van der Waals surface area (Å²) in [6, 6.07) is 11.2. The van der Waals surface area contributed by atoms with Crippen molar-refractivity contribution in [1.82, 2.24) is 5.32 Å². The third kappa shape index (κ3) is 5.65. The molecule has 0 spiro atoms. The molecule has 0 saturated heterocycles. The van der Waals surface area contributed by atoms with Crippen LogP contribution in [0.1, 0.15) is 44.7 Å². The Morgan fingerprint density at radius 1 is 1.11 bits per heavy atom. The lowest BCUT2D eigenvalue weighted by Gasteiger charge is -2.20. The first kappa shape index (κ1) is 15.2. The highest BCUT2D eigenvalue weighted by Crippen LogP contribution is 2.22. The summed E-state index contributed by atoms with van der Waals surface area (Å²) in [6.07, 6.45) is 3.60. The standard InChI is InChI=1S/C16H27NO/c1-4-17-16(15-8-6-5-7-9-15)11-10-14(2)12-13-18-3/h5-9,14,16-17H,4,10-13H2,1-3H3. The second-order valence-electron chi connectivity index (χ2n) is 4.98. The van der Waals surface area contributed by atoms with Crippen LogP contribution in [0.3, 0.4) is 0 Å². The normalized spacial score (nSPS) is 14.4. The minimum absolute atomic E-state index is 0.487. The van der Waals surface area contributed by atoms with Crippen LogP contribution >= 0.6 is 0 Å². The van der Waals surface area contributed by atoms with Crippen LogP contribution < -0.4 is 5.32 Å². The van der Waals surface area contributed by atoms with E-state index < -0.39 is 0 Å². The summed E-state index contributed by atoms with van der Waals surface area (Å²) >= 11 is 0. The topological polar surface area (TPSA) is 21.3 Å². The smallest absolute Gasteiger partial charge is 0.0464 e. The molecule has 0 aromatic heterocycles. The molecule has 1 N–H and O–H groups in total. The summed E-state index contributed by atoms with van der Waals surface area (Å²) in [4.78, 5) is 0. The average molecular weight is 249 g/mol. The van der Waals surface area contributed by atoms with Gasteiger partial charge in [0, 0.05) is 19.8 Å². The summed E-state index contributed by atoms with van der Waals surface area (Å²) in [5.41, 5.74) is 1.40. The zero-order valence-electron chi connectivity index (χ0n) is 12.0. The molecule has 2 atom stereocenters. The second kappa shape index (κ2) is 9.12. The fourth-order valence-corrected chi connectivity index (χ4v) is 2.23. The molecule has 0 fully saturated rings. The maximum Gasteiger partial charge on any atom is 0.0464 e. The molecule has 0 heterocycles. The fraction of sp³-hybridized carbons (Fsp3) is 0.625. The number of benzene rings is 1. The van der Waals surface area contributed by atoms with Crippen molar-refractivity contribution in [2.75, 3.05) is 20.3 Å². The van der Waals surface area contributed by atoms with Crippen molar-refractivity contribution in [2.45, 2.75) is 39.2 Å². The average Bonchev–Trinajstić information content (AvgIpc) is 2.42. The summed E-state index contributed by atoms with van der Waals surface area (Å²) < 4.78 is 5.14. The van der Waals surface area contributed by atoms with Gasteiger partial charge >= 0.3 is 0 Å². The lowest BCUT2D eigenvalue weighted by atomic mass is 9.95. The highest BCUT2D eigenvalue weighted by Gasteiger charge is 2.11. The predicted octanol–water partition coefficient (Wildman–Crippen LogP) is 3.79. The summed E-state index contributed by atoms with van der Waals surface area (Å²) in [5.74, 6) is 0.731. The quantitative estimate of drug-likeness (QED) is 0.719. The highest BCUT2D eigenvalue weighted by atomic mass is 16.5. The van der Waals surface area contributed by atoms with E-state index in [-0.39, 0.29) is 0 Å². The van der Waals surface area contributed by atoms with E-state index in [2.05, 4.69) is 49.5 Å². The third-order valence-corrected chi connectivity index (χ3v) is 3.42. The molecule has 0 aliphatic carbocycles. The van der Waals surface area contributed by atoms with Gasteiger partial charge in [-0.05, 0) is 37.3 Å². The first-order valence-corrected chi connectivity index (χ1v) is 7.05. The number of nitrogens with one attached hydrogen (secondary N) is 1. The van der Waals surface area contributed by atoms with Crippen LogP contribution in [0.15, 0.2) is 30.3 Å². The zero-order chi connectivity index (χ0) is 13.2. The maximum absolute atomic E-state index is 5.14. The Morgan fingerprint density at radius 2 is 1.83 bits per heavy atom. The summed E-state index contributed by atoms with van der Waals surface area (Å²) in [7, 11) is 1.78. The molecule has 102 valence electrons. The van der Waals surface area contributed by atoms with Gasteiger partial charge in [-0.15, -0.1) is 0 Å². The van der Waals surface area contributed by atoms with Crippen molar-refractivity contribution in [3.05, 3.63) is 35.9 Å². The predicted molar refractivity (Wildman–Crippen MR) is 77.8 cm³/mol. The van der Waals surface area contributed by atoms with Crippen molar-refractivity contribution in [1.29, 1.82) is 0 Å². The molecule has 0 bridgehead atoms. The minimum atomic E-state index is 0.487. The van der Waals surface area contributed by atoms with E-state index in [0.29, 0.717) is 6.04 Å². The molecule has 0 amide bonds. The van der Waals surface area contributed by atoms with Gasteiger partial charge in [-0.25, -0.2) is 0 Å². The van der Waals surface area contributed by atoms with Gasteiger partial charge in [-0.2, -0.15) is 0 Å². The number of hydrogen-bond donors (Lipinski definition) is 1. The van der Waals surface area contributed by atoms with Crippen LogP contribution in [-0.2, 0) is 4.74 Å². The molecule has 0 saturated carbocycles. The number of methoxy groups -OCH3 is 1. The van der Waals surface area contributed by atoms with Gasteiger partial charge in [0.05, 0.1) is 0 Å². The number of ether oxygens (including phenoxy) is 1. The van der Waals surface area contributed by atoms with E-state index >= 15 is 0 Å². The fourth-order valence-electron chi connectivity index (χ4n) is 2.23. The highest BCUT2D eigenvalue weighted by molar-refractivity contribution is 5.18. The molecule has 0 radical (unpaired) electrons. The van der Waals surface area contributed by atoms with Gasteiger partial charge in [0.1, 0.15) is 0 Å². The van der Waals surface area contributed by atoms with Crippen LogP contribution in [0.25, 0.3) is 0 Å². The Bertz CT molecular complexity index is 299. The Hall–Kier alpha value is -0.860. The van der Waals surface area contributed by atoms with E-state index in [1.165, 1.54) is 18.4 Å². The van der Waals surface area contributed by atoms with E-state index in [4.69, 9.17) is 4.74 Å². The zero-order valence-corrected chi connectivity index (χ0v) is 12.0. The van der Waals surface area contributed by atoms with Crippen molar-refractivity contribution < 1.29 is 4.74 Å². The first-order chi connectivity index (χ1) is 8.77. The molecule has 1 rings (SSSR count). The lowest BCUT2D eigenvalue weighted by molar-refractivity contribution is 0.177. The van der Waals surface area contributed by atoms with Crippen molar-refractivity contribution in [3.63, 3.8) is 0 Å². The molecule has 2 heteroatoms. The van der Waals surface area contributed by atoms with Gasteiger partial charge < -0.3 is 10.1 Å². The van der Waals surface area contributed by atoms with E-state index in [1.807, 2.05) is 0 Å². The van der Waals surface area contributed by atoms with Crippen molar-refractivity contribution in [3.8, 4) is 0 Å². The maximum atomic E-state index is 5.14. The molecular formula is C16H27NO. The largest absolute Gasteiger partial charge is 0.385 e. The van der Waals surface area contributed by atoms with Crippen LogP contribution in [0, 0.1) is 5.92 Å². The van der Waals surface area contributed by atoms with Crippen LogP contribution in [0.5, 0.6) is 0 Å². The summed E-state index contributed by atoms with van der Waals surface area (Å²) in [5, 5.41) is 3.58. The second-order valence-corrected chi connectivity index (χ2v) is 4.98. The molecule has 0 aliphatic heterocycles. The van der Waals surface area contributed by atoms with Gasteiger partial charge in [-0.3, -0.25) is 0 Å². The van der Waals surface area contributed by atoms with E-state index in [1.54, 1.807) is 7.11 Å². The molecule has 18 heavy (non-hydrogen) atoms. The number of rotatable bonds is 9. The molecule has 0 aliphatic rings. The SMILES string of the molecule is CCNC(CCC(C)CCOC)c1ccccc1. The molecule has 1 aromatic rings. The molecule has 1 aromatic carbocycles. The molecule has 2 unspecified atom stereocenters. The van der Waals surface area contributed by atoms with Gasteiger partial charge in [0.15, 0.2) is 0 Å². The van der Waals surface area contributed by atoms with Gasteiger partial charge in [0.2, 0.25) is 0 Å². The lowest BCUT2D eigenvalue weighted by Crippen LogP contribution is -2.21. The van der Waals surface area contributed by atoms with E-state index in [0.717, 1.165) is 25.5 Å². The molecular weight excluding hydrogens is 222 g/mol. The monoisotopic (exact) mass is 249 g/mol. The Kier molecular flexibility index (Phi) is 7.70. The van der Waals surface area contributed by atoms with Crippen LogP contribution in [-0.4, -0.2) is 20.3 Å². The Morgan fingerprint density at radius 3 is 2.44 bits per heavy atom. The van der Waals surface area contributed by atoms with Gasteiger partial charge in [0.25, 0.3) is 0 Å². The minimum Gasteiger partial charge on any atom is -0.385 e. The van der Waals surface area contributed by atoms with E-state index in [9.17, 15) is 0 Å². The Balaban J connectivity index is 2.43. The van der Waals surface area contributed by atoms with Crippen molar-refractivity contribution in [2.24, 2.45) is 5.92 Å². The van der Waals surface area contributed by atoms with Crippen LogP contribution in [0.2, 0.25) is 0 Å². The number of hydrogen-bond acceptors (Lipinski definition) is 2. The Labute approximate surface area is 112 Å². The third-order valence-electron chi connectivity index (χ3n) is 3.42.